The van der Waals surface area contributed by atoms with Gasteiger partial charge < -0.3 is 4.74 Å². The number of hydrogen-bond donors (Lipinski definition) is 0. The highest BCUT2D eigenvalue weighted by Gasteiger charge is 2.98. The molecule has 0 bridgehead atoms. The van der Waals surface area contributed by atoms with Crippen LogP contribution >= 0.6 is 0 Å². The summed E-state index contributed by atoms with van der Waals surface area (Å²) in [4.78, 5) is 0. The number of alkyl halides is 19. The van der Waals surface area contributed by atoms with Crippen molar-refractivity contribution in [2.45, 2.75) is 59.7 Å². The highest BCUT2D eigenvalue weighted by atomic mass is 19.4. The third-order valence-corrected chi connectivity index (χ3v) is 3.95. The number of hydrogen-bond acceptors (Lipinski definition) is 1. The molecule has 1 atom stereocenters. The number of rotatable bonds is 7. The van der Waals surface area contributed by atoms with E-state index in [9.17, 15) is 83.4 Å². The molecule has 31 heavy (non-hydrogen) atoms. The lowest BCUT2D eigenvalue weighted by molar-refractivity contribution is -0.472. The van der Waals surface area contributed by atoms with E-state index in [1.807, 2.05) is 0 Å². The molecule has 1 unspecified atom stereocenters. The summed E-state index contributed by atoms with van der Waals surface area (Å²) >= 11 is 0. The van der Waals surface area contributed by atoms with E-state index in [0.717, 1.165) is 0 Å². The molecular formula is C11H3F19O. The molecule has 0 aromatic carbocycles. The van der Waals surface area contributed by atoms with E-state index in [0.29, 0.717) is 0 Å². The van der Waals surface area contributed by atoms with Crippen LogP contribution in [0, 0.1) is 0 Å². The summed E-state index contributed by atoms with van der Waals surface area (Å²) in [5.74, 6) is -49.6. The molecule has 0 saturated carbocycles. The van der Waals surface area contributed by atoms with E-state index < -0.39 is 66.3 Å². The SMILES string of the molecule is FC(F)(F)C(F)(C(F)(F)F)C(F)(F)C(F)(F)C(F)(F)C(F)(F)C(F)(F)C(F)(F)C1CO1. The van der Waals surface area contributed by atoms with E-state index in [1.54, 1.807) is 0 Å². The number of halogens is 19. The summed E-state index contributed by atoms with van der Waals surface area (Å²) < 4.78 is 249. The summed E-state index contributed by atoms with van der Waals surface area (Å²) in [6.45, 7) is -1.59. The van der Waals surface area contributed by atoms with Crippen LogP contribution in [0.5, 0.6) is 0 Å². The standard InChI is InChI=1S/C11H3F19O/c12-3(13,2-1-31-2)5(15,16)7(19,20)9(23,24)8(21,22)6(17,18)4(14,10(25,26)27)11(28,29)30/h2H,1H2. The quantitative estimate of drug-likeness (QED) is 0.300. The van der Waals surface area contributed by atoms with Gasteiger partial charge in [0.05, 0.1) is 6.61 Å². The Morgan fingerprint density at radius 1 is 0.419 bits per heavy atom. The Kier molecular flexibility index (Phi) is 5.87. The van der Waals surface area contributed by atoms with Gasteiger partial charge in [-0.1, -0.05) is 0 Å². The van der Waals surface area contributed by atoms with Crippen molar-refractivity contribution < 1.29 is 88.2 Å². The van der Waals surface area contributed by atoms with Gasteiger partial charge >= 0.3 is 53.6 Å². The van der Waals surface area contributed by atoms with E-state index >= 15 is 0 Å². The first-order valence-electron chi connectivity index (χ1n) is 6.81. The fourth-order valence-electron chi connectivity index (χ4n) is 1.99. The molecule has 0 aromatic heterocycles. The molecule has 186 valence electrons. The molecule has 0 N–H and O–H groups in total. The minimum atomic E-state index is -8.98. The molecule has 0 amide bonds. The third-order valence-electron chi connectivity index (χ3n) is 3.95. The highest BCUT2D eigenvalue weighted by molar-refractivity contribution is 5.19. The van der Waals surface area contributed by atoms with Crippen LogP contribution in [-0.2, 0) is 4.74 Å². The molecule has 1 aliphatic rings. The first kappa shape index (κ1) is 27.7. The van der Waals surface area contributed by atoms with Gasteiger partial charge in [0, 0.05) is 0 Å². The Hall–Kier alpha value is -1.37. The maximum Gasteiger partial charge on any atom is 0.438 e. The number of ether oxygens (including phenoxy) is 1. The topological polar surface area (TPSA) is 12.5 Å². The molecule has 1 nitrogen and oxygen atoms in total. The predicted molar refractivity (Wildman–Crippen MR) is 55.4 cm³/mol. The van der Waals surface area contributed by atoms with Crippen LogP contribution in [0.15, 0.2) is 0 Å². The summed E-state index contributed by atoms with van der Waals surface area (Å²) in [7, 11) is 0. The van der Waals surface area contributed by atoms with Gasteiger partial charge in [0.2, 0.25) is 0 Å². The van der Waals surface area contributed by atoms with E-state index in [-0.39, 0.29) is 0 Å². The molecule has 20 heteroatoms. The summed E-state index contributed by atoms with van der Waals surface area (Å²) in [6, 6.07) is 0. The average molecular weight is 512 g/mol. The van der Waals surface area contributed by atoms with Gasteiger partial charge in [0.15, 0.2) is 6.10 Å². The van der Waals surface area contributed by atoms with Crippen molar-refractivity contribution in [3.8, 4) is 0 Å². The lowest BCUT2D eigenvalue weighted by Crippen LogP contribution is -2.78. The minimum Gasteiger partial charge on any atom is -0.366 e. The lowest BCUT2D eigenvalue weighted by Gasteiger charge is -2.44. The summed E-state index contributed by atoms with van der Waals surface area (Å²) in [5, 5.41) is 0. The Morgan fingerprint density at radius 2 is 0.677 bits per heavy atom. The predicted octanol–water partition coefficient (Wildman–Crippen LogP) is 6.03. The smallest absolute Gasteiger partial charge is 0.366 e. The van der Waals surface area contributed by atoms with Crippen LogP contribution in [0.4, 0.5) is 83.4 Å². The second-order valence-electron chi connectivity index (χ2n) is 5.97. The molecule has 1 heterocycles. The van der Waals surface area contributed by atoms with Gasteiger partial charge in [-0.25, -0.2) is 4.39 Å². The van der Waals surface area contributed by atoms with E-state index in [1.165, 1.54) is 0 Å². The molecule has 1 rings (SSSR count). The Labute approximate surface area is 156 Å². The molecular weight excluding hydrogens is 509 g/mol. The zero-order valence-electron chi connectivity index (χ0n) is 13.4. The summed E-state index contributed by atoms with van der Waals surface area (Å²) in [6.07, 6.45) is -19.9. The second kappa shape index (κ2) is 6.58. The van der Waals surface area contributed by atoms with Gasteiger partial charge in [-0.2, -0.15) is 79.0 Å². The second-order valence-corrected chi connectivity index (χ2v) is 5.97. The maximum atomic E-state index is 13.4. The van der Waals surface area contributed by atoms with Gasteiger partial charge in [-0.3, -0.25) is 0 Å². The summed E-state index contributed by atoms with van der Waals surface area (Å²) in [5.41, 5.74) is -8.71. The lowest BCUT2D eigenvalue weighted by atomic mass is 9.83. The van der Waals surface area contributed by atoms with Gasteiger partial charge in [0.25, 0.3) is 0 Å². The van der Waals surface area contributed by atoms with Crippen molar-refractivity contribution in [3.63, 3.8) is 0 Å². The Balaban J connectivity index is 3.76. The third kappa shape index (κ3) is 3.20. The molecule has 0 aromatic rings. The minimum absolute atomic E-state index is 1.59. The average Bonchev–Trinajstić information content (AvgIpc) is 3.35. The molecule has 1 fully saturated rings. The first-order chi connectivity index (χ1) is 13.1. The van der Waals surface area contributed by atoms with Crippen molar-refractivity contribution in [2.24, 2.45) is 0 Å². The van der Waals surface area contributed by atoms with Crippen LogP contribution in [0.2, 0.25) is 0 Å². The zero-order valence-corrected chi connectivity index (χ0v) is 13.4. The van der Waals surface area contributed by atoms with Crippen LogP contribution in [0.1, 0.15) is 0 Å². The van der Waals surface area contributed by atoms with E-state index in [4.69, 9.17) is 0 Å². The van der Waals surface area contributed by atoms with Crippen LogP contribution < -0.4 is 0 Å². The number of epoxide rings is 1. The van der Waals surface area contributed by atoms with Crippen molar-refractivity contribution in [1.82, 2.24) is 0 Å². The fourth-order valence-corrected chi connectivity index (χ4v) is 1.99. The van der Waals surface area contributed by atoms with Crippen LogP contribution in [0.3, 0.4) is 0 Å². The van der Waals surface area contributed by atoms with E-state index in [2.05, 4.69) is 4.74 Å². The van der Waals surface area contributed by atoms with Gasteiger partial charge in [-0.15, -0.1) is 0 Å². The normalized spacial score (nSPS) is 20.8. The zero-order chi connectivity index (χ0) is 25.5. The van der Waals surface area contributed by atoms with Gasteiger partial charge in [0.1, 0.15) is 0 Å². The van der Waals surface area contributed by atoms with Crippen molar-refractivity contribution >= 4 is 0 Å². The fraction of sp³-hybridized carbons (Fsp3) is 1.00. The monoisotopic (exact) mass is 512 g/mol. The molecule has 1 aliphatic heterocycles. The van der Waals surface area contributed by atoms with Crippen LogP contribution in [0.25, 0.3) is 0 Å². The van der Waals surface area contributed by atoms with Gasteiger partial charge in [-0.05, 0) is 0 Å². The van der Waals surface area contributed by atoms with Crippen molar-refractivity contribution in [1.29, 1.82) is 0 Å². The molecule has 0 aliphatic carbocycles. The molecule has 0 radical (unpaired) electrons. The Bertz CT molecular complexity index is 666. The molecule has 0 spiro atoms. The highest BCUT2D eigenvalue weighted by Crippen LogP contribution is 2.66. The molecule has 1 saturated heterocycles. The largest absolute Gasteiger partial charge is 0.438 e. The first-order valence-corrected chi connectivity index (χ1v) is 6.81. The van der Waals surface area contributed by atoms with Crippen molar-refractivity contribution in [3.05, 3.63) is 0 Å². The van der Waals surface area contributed by atoms with Crippen molar-refractivity contribution in [2.75, 3.05) is 6.61 Å². The van der Waals surface area contributed by atoms with Crippen LogP contribution in [-0.4, -0.2) is 66.3 Å². The Morgan fingerprint density at radius 3 is 0.935 bits per heavy atom. The maximum absolute atomic E-state index is 13.4.